The van der Waals surface area contributed by atoms with Crippen molar-refractivity contribution in [1.29, 1.82) is 0 Å². The summed E-state index contributed by atoms with van der Waals surface area (Å²) in [6.45, 7) is 11.2. The van der Waals surface area contributed by atoms with Crippen molar-refractivity contribution in [1.82, 2.24) is 31.2 Å². The Hall–Kier alpha value is -6.36. The molecule has 1 saturated carbocycles. The van der Waals surface area contributed by atoms with Crippen molar-refractivity contribution in [3.8, 4) is 10.4 Å². The number of rotatable bonds is 23. The van der Waals surface area contributed by atoms with Gasteiger partial charge in [-0.15, -0.1) is 11.3 Å². The second kappa shape index (κ2) is 27.6. The van der Waals surface area contributed by atoms with Gasteiger partial charge in [0.25, 0.3) is 5.91 Å². The van der Waals surface area contributed by atoms with E-state index in [-0.39, 0.29) is 99.2 Å². The number of thiazole rings is 1. The third-order valence-electron chi connectivity index (χ3n) is 16.7. The van der Waals surface area contributed by atoms with E-state index in [0.717, 1.165) is 41.0 Å². The number of halogens is 3. The van der Waals surface area contributed by atoms with Crippen molar-refractivity contribution in [2.45, 2.75) is 133 Å². The number of anilines is 2. The quantitative estimate of drug-likeness (QED) is 0.0304. The molecule has 4 aliphatic rings. The minimum absolute atomic E-state index is 0.0261. The Morgan fingerprint density at radius 1 is 0.882 bits per heavy atom. The van der Waals surface area contributed by atoms with Crippen LogP contribution >= 0.6 is 34.5 Å². The predicted molar refractivity (Wildman–Crippen MR) is 324 cm³/mol. The molecule has 454 valence electrons. The Bertz CT molecular complexity index is 3230. The summed E-state index contributed by atoms with van der Waals surface area (Å²) in [6.07, 6.45) is 3.42. The van der Waals surface area contributed by atoms with Crippen LogP contribution in [0.1, 0.15) is 124 Å². The molecule has 4 aromatic carbocycles. The topological polar surface area (TPSA) is 239 Å². The van der Waals surface area contributed by atoms with E-state index in [0.29, 0.717) is 53.4 Å². The van der Waals surface area contributed by atoms with Crippen LogP contribution in [-0.2, 0) is 43.6 Å². The molecular formula is C63H75Cl2FN8O10S. The molecule has 0 unspecified atom stereocenters. The zero-order valence-corrected chi connectivity index (χ0v) is 50.8. The van der Waals surface area contributed by atoms with Gasteiger partial charge in [-0.25, -0.2) is 9.37 Å². The highest BCUT2D eigenvalue weighted by Crippen LogP contribution is 2.63. The van der Waals surface area contributed by atoms with Gasteiger partial charge in [-0.3, -0.25) is 34.1 Å². The molecular weight excluding hydrogens is 1150 g/mol. The number of β-amino-alcohol motifs (C(OH)–C–C–N with tert-alkyl or cyclic N) is 1. The van der Waals surface area contributed by atoms with Crippen molar-refractivity contribution in [3.05, 3.63) is 134 Å². The molecule has 1 aliphatic carbocycles. The minimum Gasteiger partial charge on any atom is -0.391 e. The Kier molecular flexibility index (Phi) is 20.5. The number of aromatic nitrogens is 1. The van der Waals surface area contributed by atoms with Crippen LogP contribution in [0.5, 0.6) is 0 Å². The fraction of sp³-hybridized carbons (Fsp3) is 0.476. The van der Waals surface area contributed by atoms with Crippen molar-refractivity contribution in [2.24, 2.45) is 5.41 Å². The van der Waals surface area contributed by atoms with Crippen LogP contribution in [0.4, 0.5) is 15.8 Å². The van der Waals surface area contributed by atoms with Gasteiger partial charge in [0.05, 0.1) is 72.3 Å². The van der Waals surface area contributed by atoms with Gasteiger partial charge in [0, 0.05) is 66.0 Å². The fourth-order valence-corrected chi connectivity index (χ4v) is 13.8. The SMILES string of the molecule is Cc1ncsc1-c1ccc([C@H](C)NC(=O)[C@@H]2C[C@@H](O)CN2C(=O)[C@@H](NC(=O)CCCOCCOCCOCCNC(=O)c2ccc(NC(=O)[C@@H]3NC4(CCCCC4)[C@@]4(C(=O)Nc5cc(Cl)ccc54)[C@H]3c3cccc(Cl)c3F)cc2)C(C)(C)C)cc1. The zero-order valence-electron chi connectivity index (χ0n) is 48.5. The maximum absolute atomic E-state index is 16.3. The van der Waals surface area contributed by atoms with Crippen molar-refractivity contribution >= 4 is 81.4 Å². The first-order chi connectivity index (χ1) is 40.7. The van der Waals surface area contributed by atoms with Gasteiger partial charge in [0.1, 0.15) is 23.3 Å². The van der Waals surface area contributed by atoms with Crippen molar-refractivity contribution in [2.75, 3.05) is 63.4 Å². The summed E-state index contributed by atoms with van der Waals surface area (Å²) in [5.41, 5.74) is 3.80. The number of carbonyl (C=O) groups is 6. The van der Waals surface area contributed by atoms with Gasteiger partial charge in [-0.1, -0.05) is 106 Å². The third kappa shape index (κ3) is 13.9. The first-order valence-corrected chi connectivity index (χ1v) is 30.7. The van der Waals surface area contributed by atoms with Gasteiger partial charge < -0.3 is 50.8 Å². The minimum atomic E-state index is -1.37. The third-order valence-corrected chi connectivity index (χ3v) is 18.3. The van der Waals surface area contributed by atoms with E-state index in [4.69, 9.17) is 37.4 Å². The maximum Gasteiger partial charge on any atom is 0.251 e. The Morgan fingerprint density at radius 2 is 1.58 bits per heavy atom. The van der Waals surface area contributed by atoms with Crippen LogP contribution in [0, 0.1) is 18.2 Å². The molecule has 5 aromatic rings. The molecule has 3 aliphatic heterocycles. The molecule has 18 nitrogen and oxygen atoms in total. The summed E-state index contributed by atoms with van der Waals surface area (Å²) in [5.74, 6) is -3.99. The maximum atomic E-state index is 16.3. The highest BCUT2D eigenvalue weighted by Gasteiger charge is 2.72. The van der Waals surface area contributed by atoms with Crippen LogP contribution in [0.25, 0.3) is 10.4 Å². The van der Waals surface area contributed by atoms with Crippen molar-refractivity contribution in [3.63, 3.8) is 0 Å². The highest BCUT2D eigenvalue weighted by molar-refractivity contribution is 7.13. The number of nitrogens with zero attached hydrogens (tertiary/aromatic N) is 2. The number of benzene rings is 4. The number of nitrogens with one attached hydrogen (secondary N) is 6. The molecule has 7 atom stereocenters. The lowest BCUT2D eigenvalue weighted by Crippen LogP contribution is -2.60. The van der Waals surface area contributed by atoms with Gasteiger partial charge in [-0.05, 0) is 103 Å². The lowest BCUT2D eigenvalue weighted by atomic mass is 9.55. The summed E-state index contributed by atoms with van der Waals surface area (Å²) in [4.78, 5) is 90.1. The molecule has 22 heteroatoms. The molecule has 0 bridgehead atoms. The second-order valence-corrected chi connectivity index (χ2v) is 25.2. The average Bonchev–Trinajstić information content (AvgIpc) is 1.54. The largest absolute Gasteiger partial charge is 0.391 e. The number of aliphatic hydroxyl groups excluding tert-OH is 1. The molecule has 6 amide bonds. The smallest absolute Gasteiger partial charge is 0.251 e. The number of hydrogen-bond donors (Lipinski definition) is 7. The average molecular weight is 1230 g/mol. The molecule has 3 fully saturated rings. The van der Waals surface area contributed by atoms with Crippen LogP contribution in [0.2, 0.25) is 10.0 Å². The summed E-state index contributed by atoms with van der Waals surface area (Å²) in [6, 6.07) is 20.9. The van der Waals surface area contributed by atoms with E-state index in [1.165, 1.54) is 11.0 Å². The van der Waals surface area contributed by atoms with Gasteiger partial charge >= 0.3 is 0 Å². The number of aryl methyl sites for hydroxylation is 1. The summed E-state index contributed by atoms with van der Waals surface area (Å²) in [5, 5.41) is 29.3. The van der Waals surface area contributed by atoms with E-state index in [1.807, 2.05) is 64.4 Å². The van der Waals surface area contributed by atoms with Crippen LogP contribution in [0.3, 0.4) is 0 Å². The Labute approximate surface area is 509 Å². The summed E-state index contributed by atoms with van der Waals surface area (Å²) in [7, 11) is 0. The van der Waals surface area contributed by atoms with Crippen LogP contribution < -0.4 is 31.9 Å². The molecule has 2 saturated heterocycles. The number of fused-ring (bicyclic) bond motifs is 3. The molecule has 0 radical (unpaired) electrons. The Morgan fingerprint density at radius 3 is 2.26 bits per heavy atom. The molecule has 9 rings (SSSR count). The Balaban J connectivity index is 0.662. The number of hydrogen-bond acceptors (Lipinski definition) is 13. The first-order valence-electron chi connectivity index (χ1n) is 29.1. The van der Waals surface area contributed by atoms with E-state index in [2.05, 4.69) is 36.9 Å². The number of likely N-dealkylation sites (tertiary alicyclic amines) is 1. The number of amides is 6. The zero-order chi connectivity index (χ0) is 60.6. The lowest BCUT2D eigenvalue weighted by Gasteiger charge is -2.47. The van der Waals surface area contributed by atoms with Gasteiger partial charge in [0.15, 0.2) is 0 Å². The normalized spacial score (nSPS) is 21.3. The highest BCUT2D eigenvalue weighted by atomic mass is 35.5. The van der Waals surface area contributed by atoms with Gasteiger partial charge in [-0.2, -0.15) is 0 Å². The number of carbonyl (C=O) groups excluding carboxylic acids is 6. The van der Waals surface area contributed by atoms with E-state index in [1.54, 1.807) is 65.9 Å². The molecule has 85 heavy (non-hydrogen) atoms. The van der Waals surface area contributed by atoms with E-state index >= 15 is 4.39 Å². The van der Waals surface area contributed by atoms with E-state index < -0.39 is 64.1 Å². The monoisotopic (exact) mass is 1220 g/mol. The van der Waals surface area contributed by atoms with Crippen LogP contribution in [0.15, 0.2) is 90.4 Å². The summed E-state index contributed by atoms with van der Waals surface area (Å²) >= 11 is 14.4. The predicted octanol–water partition coefficient (Wildman–Crippen LogP) is 8.78. The summed E-state index contributed by atoms with van der Waals surface area (Å²) < 4.78 is 33.2. The number of aliphatic hydroxyl groups is 1. The van der Waals surface area contributed by atoms with Crippen molar-refractivity contribution < 1.29 is 52.5 Å². The molecule has 4 heterocycles. The number of ether oxygens (including phenoxy) is 3. The van der Waals surface area contributed by atoms with Gasteiger partial charge in [0.2, 0.25) is 29.5 Å². The molecule has 2 spiro atoms. The second-order valence-electron chi connectivity index (χ2n) is 23.5. The lowest BCUT2D eigenvalue weighted by molar-refractivity contribution is -0.144. The fourth-order valence-electron chi connectivity index (χ4n) is 12.6. The molecule has 7 N–H and O–H groups in total. The molecule has 1 aromatic heterocycles. The van der Waals surface area contributed by atoms with E-state index in [9.17, 15) is 33.9 Å². The van der Waals surface area contributed by atoms with Crippen LogP contribution in [-0.4, -0.2) is 133 Å². The first kappa shape index (κ1) is 63.2. The standard InChI is InChI=1S/C63H75Cl2FN8O10S/c1-37(39-14-16-40(17-15-39)54-38(2)68-36-85-54)69-57(78)49-34-44(75)35-74(49)59(80)55(61(3,4)5)72-50(76)13-10-27-82-29-31-84-32-30-83-28-26-67-56(77)41-18-21-43(22-19-41)70-58(79)53-51(45-11-9-12-47(65)52(45)66)63(62(73-53)24-7-6-8-25-62)46-23-20-42(64)33-48(46)71-60(63)81/h9,11-12,14-23,33,36-37,44,49,51,53,55,73,75H,6-8,10,13,24-32,34-35H2,1-5H3,(H,67,77)(H,69,78)(H,70,79)(H,71,81)(H,72,76)/t37-,44+,49-,51-,53+,55+,63+/m0/s1.